The fourth-order valence-corrected chi connectivity index (χ4v) is 2.62. The lowest BCUT2D eigenvalue weighted by Gasteiger charge is -2.15. The summed E-state index contributed by atoms with van der Waals surface area (Å²) in [4.78, 5) is 37.1. The molecule has 0 aliphatic carbocycles. The van der Waals surface area contributed by atoms with E-state index in [4.69, 9.17) is 0 Å². The second-order valence-corrected chi connectivity index (χ2v) is 7.06. The van der Waals surface area contributed by atoms with E-state index in [1.54, 1.807) is 18.8 Å². The summed E-state index contributed by atoms with van der Waals surface area (Å²) in [5.41, 5.74) is 0.755. The van der Waals surface area contributed by atoms with Crippen molar-refractivity contribution in [3.63, 3.8) is 0 Å². The van der Waals surface area contributed by atoms with Crippen molar-refractivity contribution in [2.24, 2.45) is 5.92 Å². The van der Waals surface area contributed by atoms with Crippen LogP contribution in [-0.4, -0.2) is 50.8 Å². The Morgan fingerprint density at radius 3 is 2.40 bits per heavy atom. The van der Waals surface area contributed by atoms with Crippen molar-refractivity contribution in [3.8, 4) is 0 Å². The summed E-state index contributed by atoms with van der Waals surface area (Å²) in [7, 11) is 1.73. The third kappa shape index (κ3) is 8.55. The maximum absolute atomic E-state index is 12.1. The number of anilines is 1. The first-order valence-corrected chi connectivity index (χ1v) is 9.36. The van der Waals surface area contributed by atoms with E-state index in [0.29, 0.717) is 17.4 Å². The van der Waals surface area contributed by atoms with Gasteiger partial charge in [0.25, 0.3) is 11.8 Å². The second kappa shape index (κ2) is 10.7. The molecule has 1 atom stereocenters. The van der Waals surface area contributed by atoms with Gasteiger partial charge in [0.2, 0.25) is 0 Å². The predicted octanol–water partition coefficient (Wildman–Crippen LogP) is 0.344. The Morgan fingerprint density at radius 1 is 1.12 bits per heavy atom. The van der Waals surface area contributed by atoms with Gasteiger partial charge in [-0.15, -0.1) is 11.8 Å². The molecular formula is C17H27N4O3S+. The maximum Gasteiger partial charge on any atom is 0.321 e. The highest BCUT2D eigenvalue weighted by Crippen LogP contribution is 2.24. The summed E-state index contributed by atoms with van der Waals surface area (Å²) < 4.78 is 0. The smallest absolute Gasteiger partial charge is 0.321 e. The topological polar surface area (TPSA) is 91.7 Å². The number of quaternary nitrogens is 1. The number of thioether (sulfide) groups is 1. The highest BCUT2D eigenvalue weighted by molar-refractivity contribution is 7.98. The van der Waals surface area contributed by atoms with Gasteiger partial charge in [0.1, 0.15) is 0 Å². The predicted molar refractivity (Wildman–Crippen MR) is 99.9 cm³/mol. The molecule has 0 aromatic heterocycles. The SMILES string of the molecule is CSc1ccccc1NC(=O)C[NH+](C)CC(=O)NC(=O)NCC(C)C. The lowest BCUT2D eigenvalue weighted by Crippen LogP contribution is -3.11. The lowest BCUT2D eigenvalue weighted by molar-refractivity contribution is -0.862. The quantitative estimate of drug-likeness (QED) is 0.499. The molecule has 7 nitrogen and oxygen atoms in total. The minimum Gasteiger partial charge on any atom is -0.338 e. The summed E-state index contributed by atoms with van der Waals surface area (Å²) in [5.74, 6) is -0.297. The highest BCUT2D eigenvalue weighted by atomic mass is 32.2. The van der Waals surface area contributed by atoms with E-state index in [9.17, 15) is 14.4 Å². The van der Waals surface area contributed by atoms with Gasteiger partial charge in [-0.2, -0.15) is 0 Å². The Balaban J connectivity index is 2.40. The number of hydrogen-bond donors (Lipinski definition) is 4. The molecule has 0 spiro atoms. The van der Waals surface area contributed by atoms with Crippen LogP contribution in [0, 0.1) is 5.92 Å². The Hall–Kier alpha value is -2.06. The Bertz CT molecular complexity index is 607. The number of carbonyl (C=O) groups is 3. The van der Waals surface area contributed by atoms with Crippen molar-refractivity contribution in [3.05, 3.63) is 24.3 Å². The molecule has 1 unspecified atom stereocenters. The largest absolute Gasteiger partial charge is 0.338 e. The zero-order valence-corrected chi connectivity index (χ0v) is 16.0. The molecular weight excluding hydrogens is 340 g/mol. The van der Waals surface area contributed by atoms with E-state index < -0.39 is 11.9 Å². The van der Waals surface area contributed by atoms with Crippen LogP contribution in [-0.2, 0) is 9.59 Å². The van der Waals surface area contributed by atoms with Crippen molar-refractivity contribution < 1.29 is 19.3 Å². The fourth-order valence-electron chi connectivity index (χ4n) is 2.06. The minimum absolute atomic E-state index is 0.0344. The van der Waals surface area contributed by atoms with Gasteiger partial charge >= 0.3 is 6.03 Å². The number of hydrogen-bond acceptors (Lipinski definition) is 4. The van der Waals surface area contributed by atoms with Crippen molar-refractivity contribution in [2.45, 2.75) is 18.7 Å². The molecule has 138 valence electrons. The summed E-state index contributed by atoms with van der Waals surface area (Å²) in [6.45, 7) is 4.59. The average Bonchev–Trinajstić information content (AvgIpc) is 2.52. The third-order valence-electron chi connectivity index (χ3n) is 3.23. The Morgan fingerprint density at radius 2 is 1.76 bits per heavy atom. The monoisotopic (exact) mass is 367 g/mol. The van der Waals surface area contributed by atoms with Gasteiger partial charge in [0.05, 0.1) is 12.7 Å². The number of benzene rings is 1. The van der Waals surface area contributed by atoms with E-state index in [1.807, 2.05) is 44.4 Å². The van der Waals surface area contributed by atoms with Gasteiger partial charge < -0.3 is 15.5 Å². The van der Waals surface area contributed by atoms with Gasteiger partial charge in [-0.25, -0.2) is 4.79 Å². The molecule has 8 heteroatoms. The van der Waals surface area contributed by atoms with Crippen LogP contribution in [0.5, 0.6) is 0 Å². The Labute approximate surface area is 152 Å². The Kier molecular flexibility index (Phi) is 9.01. The van der Waals surface area contributed by atoms with Crippen LogP contribution < -0.4 is 20.9 Å². The summed E-state index contributed by atoms with van der Waals surface area (Å²) in [5, 5.41) is 7.72. The molecule has 1 aromatic carbocycles. The summed E-state index contributed by atoms with van der Waals surface area (Å²) in [6, 6.07) is 7.03. The van der Waals surface area contributed by atoms with Crippen LogP contribution in [0.25, 0.3) is 0 Å². The zero-order chi connectivity index (χ0) is 18.8. The molecule has 25 heavy (non-hydrogen) atoms. The number of para-hydroxylation sites is 1. The molecule has 4 amide bonds. The number of rotatable bonds is 8. The molecule has 0 aliphatic rings. The average molecular weight is 367 g/mol. The first-order valence-electron chi connectivity index (χ1n) is 8.13. The van der Waals surface area contributed by atoms with Crippen LogP contribution in [0.3, 0.4) is 0 Å². The molecule has 4 N–H and O–H groups in total. The van der Waals surface area contributed by atoms with E-state index >= 15 is 0 Å². The van der Waals surface area contributed by atoms with Gasteiger partial charge in [0, 0.05) is 11.4 Å². The first-order chi connectivity index (χ1) is 11.8. The first kappa shape index (κ1) is 21.0. The lowest BCUT2D eigenvalue weighted by atomic mass is 10.2. The van der Waals surface area contributed by atoms with Gasteiger partial charge in [-0.3, -0.25) is 14.9 Å². The van der Waals surface area contributed by atoms with E-state index in [0.717, 1.165) is 10.6 Å². The van der Waals surface area contributed by atoms with Crippen LogP contribution in [0.15, 0.2) is 29.2 Å². The van der Waals surface area contributed by atoms with Crippen LogP contribution in [0.4, 0.5) is 10.5 Å². The number of amides is 4. The van der Waals surface area contributed by atoms with Gasteiger partial charge in [-0.1, -0.05) is 26.0 Å². The van der Waals surface area contributed by atoms with Gasteiger partial charge in [0.15, 0.2) is 13.1 Å². The third-order valence-corrected chi connectivity index (χ3v) is 4.03. The fraction of sp³-hybridized carbons (Fsp3) is 0.471. The molecule has 0 aliphatic heterocycles. The van der Waals surface area contributed by atoms with Crippen molar-refractivity contribution in [1.82, 2.24) is 10.6 Å². The molecule has 0 fully saturated rings. The standard InChI is InChI=1S/C17H26N4O3S/c1-12(2)9-18-17(24)20-16(23)11-21(3)10-15(22)19-13-7-5-6-8-14(13)25-4/h5-8,12H,9-11H2,1-4H3,(H,19,22)(H2,18,20,23,24)/p+1. The van der Waals surface area contributed by atoms with Crippen LogP contribution in [0.1, 0.15) is 13.8 Å². The number of urea groups is 1. The van der Waals surface area contributed by atoms with E-state index in [1.165, 1.54) is 0 Å². The number of nitrogens with one attached hydrogen (secondary N) is 4. The highest BCUT2D eigenvalue weighted by Gasteiger charge is 2.16. The molecule has 1 aromatic rings. The molecule has 1 rings (SSSR count). The van der Waals surface area contributed by atoms with Crippen LogP contribution >= 0.6 is 11.8 Å². The van der Waals surface area contributed by atoms with Crippen LogP contribution in [0.2, 0.25) is 0 Å². The van der Waals surface area contributed by atoms with E-state index in [2.05, 4.69) is 16.0 Å². The summed E-state index contributed by atoms with van der Waals surface area (Å²) >= 11 is 1.55. The molecule has 0 saturated heterocycles. The van der Waals surface area contributed by atoms with Crippen molar-refractivity contribution >= 4 is 35.3 Å². The number of likely N-dealkylation sites (N-methyl/N-ethyl adjacent to an activating group) is 1. The molecule has 0 heterocycles. The normalized spacial score (nSPS) is 11.7. The van der Waals surface area contributed by atoms with E-state index in [-0.39, 0.29) is 19.0 Å². The molecule has 0 saturated carbocycles. The minimum atomic E-state index is -0.509. The number of imide groups is 1. The van der Waals surface area contributed by atoms with Crippen molar-refractivity contribution in [2.75, 3.05) is 38.3 Å². The molecule has 0 radical (unpaired) electrons. The van der Waals surface area contributed by atoms with Gasteiger partial charge in [-0.05, 0) is 24.3 Å². The summed E-state index contributed by atoms with van der Waals surface area (Å²) in [6.07, 6.45) is 1.94. The zero-order valence-electron chi connectivity index (χ0n) is 15.1. The second-order valence-electron chi connectivity index (χ2n) is 6.21. The van der Waals surface area contributed by atoms with Crippen molar-refractivity contribution in [1.29, 1.82) is 0 Å². The number of carbonyl (C=O) groups excluding carboxylic acids is 3. The molecule has 0 bridgehead atoms. The maximum atomic E-state index is 12.1.